The SMILES string of the molecule is COc1ccc(CCC(C(=O)O)C2CCCC2)cc1. The Morgan fingerprint density at radius 1 is 1.32 bits per heavy atom. The minimum atomic E-state index is -0.625. The van der Waals surface area contributed by atoms with E-state index >= 15 is 0 Å². The summed E-state index contributed by atoms with van der Waals surface area (Å²) in [6.45, 7) is 0. The minimum absolute atomic E-state index is 0.176. The summed E-state index contributed by atoms with van der Waals surface area (Å²) < 4.78 is 5.12. The van der Waals surface area contributed by atoms with Gasteiger partial charge in [-0.3, -0.25) is 4.79 Å². The second-order valence-electron chi connectivity index (χ2n) is 5.38. The van der Waals surface area contributed by atoms with E-state index in [4.69, 9.17) is 4.74 Å². The number of rotatable bonds is 6. The molecule has 0 saturated heterocycles. The van der Waals surface area contributed by atoms with Crippen LogP contribution >= 0.6 is 0 Å². The zero-order valence-corrected chi connectivity index (χ0v) is 11.5. The first-order valence-electron chi connectivity index (χ1n) is 7.06. The average molecular weight is 262 g/mol. The first kappa shape index (κ1) is 13.9. The molecule has 0 aliphatic heterocycles. The maximum Gasteiger partial charge on any atom is 0.306 e. The molecule has 0 amide bonds. The van der Waals surface area contributed by atoms with Gasteiger partial charge in [-0.15, -0.1) is 0 Å². The van der Waals surface area contributed by atoms with Crippen molar-refractivity contribution in [2.45, 2.75) is 38.5 Å². The number of aryl methyl sites for hydroxylation is 1. The minimum Gasteiger partial charge on any atom is -0.497 e. The lowest BCUT2D eigenvalue weighted by molar-refractivity contribution is -0.143. The smallest absolute Gasteiger partial charge is 0.306 e. The second kappa shape index (κ2) is 6.60. The molecule has 3 nitrogen and oxygen atoms in total. The Labute approximate surface area is 114 Å². The third-order valence-electron chi connectivity index (χ3n) is 4.19. The number of aliphatic carboxylic acids is 1. The number of benzene rings is 1. The fourth-order valence-electron chi connectivity index (χ4n) is 3.03. The summed E-state index contributed by atoms with van der Waals surface area (Å²) in [5.41, 5.74) is 1.19. The molecule has 1 unspecified atom stereocenters. The first-order chi connectivity index (χ1) is 9.20. The van der Waals surface area contributed by atoms with Gasteiger partial charge in [0.05, 0.1) is 13.0 Å². The highest BCUT2D eigenvalue weighted by Gasteiger charge is 2.29. The molecule has 1 aliphatic rings. The second-order valence-corrected chi connectivity index (χ2v) is 5.38. The number of ether oxygens (including phenoxy) is 1. The van der Waals surface area contributed by atoms with Gasteiger partial charge in [0.1, 0.15) is 5.75 Å². The van der Waals surface area contributed by atoms with Crippen LogP contribution in [0.4, 0.5) is 0 Å². The summed E-state index contributed by atoms with van der Waals surface area (Å²) in [6, 6.07) is 7.90. The highest BCUT2D eigenvalue weighted by Crippen LogP contribution is 2.34. The van der Waals surface area contributed by atoms with E-state index < -0.39 is 5.97 Å². The molecule has 1 fully saturated rings. The molecule has 2 rings (SSSR count). The van der Waals surface area contributed by atoms with Crippen LogP contribution in [0.3, 0.4) is 0 Å². The van der Waals surface area contributed by atoms with Crippen LogP contribution in [0.15, 0.2) is 24.3 Å². The summed E-state index contributed by atoms with van der Waals surface area (Å²) in [5, 5.41) is 9.37. The van der Waals surface area contributed by atoms with Crippen molar-refractivity contribution in [3.05, 3.63) is 29.8 Å². The van der Waals surface area contributed by atoms with Crippen molar-refractivity contribution in [2.24, 2.45) is 11.8 Å². The van der Waals surface area contributed by atoms with Crippen LogP contribution in [-0.4, -0.2) is 18.2 Å². The number of hydrogen-bond donors (Lipinski definition) is 1. The van der Waals surface area contributed by atoms with Crippen molar-refractivity contribution >= 4 is 5.97 Å². The van der Waals surface area contributed by atoms with Gasteiger partial charge in [-0.1, -0.05) is 25.0 Å². The molecular formula is C16H22O3. The summed E-state index contributed by atoms with van der Waals surface area (Å²) in [7, 11) is 1.65. The lowest BCUT2D eigenvalue weighted by atomic mass is 9.86. The fraction of sp³-hybridized carbons (Fsp3) is 0.562. The molecule has 1 atom stereocenters. The number of carbonyl (C=O) groups is 1. The largest absolute Gasteiger partial charge is 0.497 e. The van der Waals surface area contributed by atoms with Crippen molar-refractivity contribution in [1.29, 1.82) is 0 Å². The predicted molar refractivity (Wildman–Crippen MR) is 74.4 cm³/mol. The van der Waals surface area contributed by atoms with Gasteiger partial charge >= 0.3 is 5.97 Å². The van der Waals surface area contributed by atoms with Crippen molar-refractivity contribution in [3.8, 4) is 5.75 Å². The van der Waals surface area contributed by atoms with Gasteiger partial charge < -0.3 is 9.84 Å². The lowest BCUT2D eigenvalue weighted by Gasteiger charge is -2.19. The highest BCUT2D eigenvalue weighted by molar-refractivity contribution is 5.70. The van der Waals surface area contributed by atoms with Gasteiger partial charge in [0.25, 0.3) is 0 Å². The van der Waals surface area contributed by atoms with E-state index in [1.807, 2.05) is 24.3 Å². The third-order valence-corrected chi connectivity index (χ3v) is 4.19. The Bertz CT molecular complexity index is 405. The maximum absolute atomic E-state index is 11.4. The van der Waals surface area contributed by atoms with Crippen molar-refractivity contribution in [3.63, 3.8) is 0 Å². The van der Waals surface area contributed by atoms with Gasteiger partial charge in [0.15, 0.2) is 0 Å². The van der Waals surface area contributed by atoms with Crippen molar-refractivity contribution in [1.82, 2.24) is 0 Å². The van der Waals surface area contributed by atoms with Gasteiger partial charge in [-0.25, -0.2) is 0 Å². The monoisotopic (exact) mass is 262 g/mol. The van der Waals surface area contributed by atoms with Gasteiger partial charge in [-0.2, -0.15) is 0 Å². The Hall–Kier alpha value is -1.51. The zero-order chi connectivity index (χ0) is 13.7. The third kappa shape index (κ3) is 3.72. The number of hydrogen-bond acceptors (Lipinski definition) is 2. The van der Waals surface area contributed by atoms with Crippen LogP contribution in [0.1, 0.15) is 37.7 Å². The summed E-state index contributed by atoms with van der Waals surface area (Å²) in [5.74, 6) is 0.426. The normalized spacial score (nSPS) is 17.3. The lowest BCUT2D eigenvalue weighted by Crippen LogP contribution is -2.22. The summed E-state index contributed by atoms with van der Waals surface area (Å²) in [6.07, 6.45) is 6.12. The topological polar surface area (TPSA) is 46.5 Å². The molecule has 1 aliphatic carbocycles. The van der Waals surface area contributed by atoms with Crippen LogP contribution in [0.2, 0.25) is 0 Å². The number of carboxylic acid groups (broad SMARTS) is 1. The standard InChI is InChI=1S/C16H22O3/c1-19-14-9-6-12(7-10-14)8-11-15(16(17)18)13-4-2-3-5-13/h6-7,9-10,13,15H,2-5,8,11H2,1H3,(H,17,18). The number of methoxy groups -OCH3 is 1. The average Bonchev–Trinajstić information content (AvgIpc) is 2.93. The Balaban J connectivity index is 1.92. The van der Waals surface area contributed by atoms with Crippen molar-refractivity contribution in [2.75, 3.05) is 7.11 Å². The number of carboxylic acids is 1. The molecular weight excluding hydrogens is 240 g/mol. The van der Waals surface area contributed by atoms with Crippen LogP contribution < -0.4 is 4.74 Å². The molecule has 1 saturated carbocycles. The van der Waals surface area contributed by atoms with E-state index in [1.165, 1.54) is 18.4 Å². The first-order valence-corrected chi connectivity index (χ1v) is 7.06. The molecule has 0 aromatic heterocycles. The fourth-order valence-corrected chi connectivity index (χ4v) is 3.03. The Morgan fingerprint density at radius 3 is 2.47 bits per heavy atom. The molecule has 1 N–H and O–H groups in total. The van der Waals surface area contributed by atoms with Crippen LogP contribution in [0, 0.1) is 11.8 Å². The summed E-state index contributed by atoms with van der Waals surface area (Å²) >= 11 is 0. The van der Waals surface area contributed by atoms with Gasteiger partial charge in [0.2, 0.25) is 0 Å². The Morgan fingerprint density at radius 2 is 1.95 bits per heavy atom. The summed E-state index contributed by atoms with van der Waals surface area (Å²) in [4.78, 5) is 11.4. The predicted octanol–water partition coefficient (Wildman–Crippen LogP) is 3.52. The van der Waals surface area contributed by atoms with Crippen LogP contribution in [0.25, 0.3) is 0 Å². The molecule has 0 bridgehead atoms. The molecule has 0 radical (unpaired) electrons. The van der Waals surface area contributed by atoms with Gasteiger partial charge in [-0.05, 0) is 49.3 Å². The van der Waals surface area contributed by atoms with E-state index in [-0.39, 0.29) is 5.92 Å². The van der Waals surface area contributed by atoms with Gasteiger partial charge in [0, 0.05) is 0 Å². The zero-order valence-electron chi connectivity index (χ0n) is 11.5. The van der Waals surface area contributed by atoms with E-state index in [2.05, 4.69) is 0 Å². The molecule has 0 heterocycles. The van der Waals surface area contributed by atoms with Crippen LogP contribution in [0.5, 0.6) is 5.75 Å². The molecule has 1 aromatic carbocycles. The van der Waals surface area contributed by atoms with E-state index in [0.717, 1.165) is 31.4 Å². The van der Waals surface area contributed by atoms with Crippen LogP contribution in [-0.2, 0) is 11.2 Å². The highest BCUT2D eigenvalue weighted by atomic mass is 16.5. The molecule has 3 heteroatoms. The van der Waals surface area contributed by atoms with Crippen molar-refractivity contribution < 1.29 is 14.6 Å². The van der Waals surface area contributed by atoms with E-state index in [0.29, 0.717) is 5.92 Å². The quantitative estimate of drug-likeness (QED) is 0.853. The van der Waals surface area contributed by atoms with E-state index in [1.54, 1.807) is 7.11 Å². The maximum atomic E-state index is 11.4. The Kier molecular flexibility index (Phi) is 4.83. The molecule has 1 aromatic rings. The molecule has 0 spiro atoms. The molecule has 19 heavy (non-hydrogen) atoms. The van der Waals surface area contributed by atoms with E-state index in [9.17, 15) is 9.90 Å². The molecule has 104 valence electrons.